The Morgan fingerprint density at radius 1 is 1.05 bits per heavy atom. The van der Waals surface area contributed by atoms with Gasteiger partial charge in [-0.2, -0.15) is 4.57 Å². The SMILES string of the molecule is Cc1ccccc1-c1cc2c(c[n+]1C)sc1sccc12. The monoisotopic (exact) mass is 296 g/mol. The minimum Gasteiger partial charge on any atom is -0.200 e. The third-order valence-electron chi connectivity index (χ3n) is 3.78. The molecule has 0 aliphatic heterocycles. The number of benzene rings is 1. The summed E-state index contributed by atoms with van der Waals surface area (Å²) in [6, 6.07) is 13.2. The molecule has 4 aromatic rings. The molecule has 3 heteroatoms. The summed E-state index contributed by atoms with van der Waals surface area (Å²) in [5.74, 6) is 0. The number of hydrogen-bond donors (Lipinski definition) is 0. The highest BCUT2D eigenvalue weighted by Crippen LogP contribution is 2.38. The number of thiophene rings is 2. The van der Waals surface area contributed by atoms with Crippen LogP contribution in [0.2, 0.25) is 0 Å². The molecule has 3 heterocycles. The molecule has 0 aliphatic carbocycles. The molecule has 0 atom stereocenters. The molecule has 0 radical (unpaired) electrons. The van der Waals surface area contributed by atoms with Crippen LogP contribution < -0.4 is 4.57 Å². The summed E-state index contributed by atoms with van der Waals surface area (Å²) in [5.41, 5.74) is 3.91. The number of aromatic nitrogens is 1. The topological polar surface area (TPSA) is 3.88 Å². The van der Waals surface area contributed by atoms with Crippen LogP contribution >= 0.6 is 22.7 Å². The van der Waals surface area contributed by atoms with E-state index in [-0.39, 0.29) is 0 Å². The van der Waals surface area contributed by atoms with Crippen molar-refractivity contribution in [3.63, 3.8) is 0 Å². The Hall–Kier alpha value is -1.71. The second kappa shape index (κ2) is 4.40. The summed E-state index contributed by atoms with van der Waals surface area (Å²) in [4.78, 5) is 0. The standard InChI is InChI=1S/C17H14NS2/c1-11-5-3-4-6-12(11)15-9-14-13-7-8-19-17(13)20-16(14)10-18(15)2/h3-10H,1-2H3/q+1. The molecule has 0 N–H and O–H groups in total. The van der Waals surface area contributed by atoms with Crippen molar-refractivity contribution in [3.8, 4) is 11.3 Å². The second-order valence-corrected chi connectivity index (χ2v) is 7.31. The van der Waals surface area contributed by atoms with E-state index in [9.17, 15) is 0 Å². The van der Waals surface area contributed by atoms with Crippen LogP contribution in [0.4, 0.5) is 0 Å². The van der Waals surface area contributed by atoms with Crippen molar-refractivity contribution in [2.45, 2.75) is 6.92 Å². The van der Waals surface area contributed by atoms with Crippen molar-refractivity contribution in [3.05, 3.63) is 53.5 Å². The third-order valence-corrected chi connectivity index (χ3v) is 5.98. The Morgan fingerprint density at radius 2 is 1.90 bits per heavy atom. The lowest BCUT2D eigenvalue weighted by molar-refractivity contribution is -0.658. The first-order valence-corrected chi connectivity index (χ1v) is 8.29. The first-order valence-electron chi connectivity index (χ1n) is 6.59. The quantitative estimate of drug-likeness (QED) is 0.439. The van der Waals surface area contributed by atoms with Crippen LogP contribution in [0.15, 0.2) is 48.0 Å². The fraction of sp³-hybridized carbons (Fsp3) is 0.118. The molecule has 0 aliphatic rings. The largest absolute Gasteiger partial charge is 0.213 e. The van der Waals surface area contributed by atoms with Crippen molar-refractivity contribution in [2.24, 2.45) is 7.05 Å². The average molecular weight is 296 g/mol. The highest BCUT2D eigenvalue weighted by Gasteiger charge is 2.16. The number of rotatable bonds is 1. The van der Waals surface area contributed by atoms with Crippen LogP contribution in [0.5, 0.6) is 0 Å². The van der Waals surface area contributed by atoms with Crippen LogP contribution in [-0.4, -0.2) is 0 Å². The van der Waals surface area contributed by atoms with Gasteiger partial charge in [-0.25, -0.2) is 0 Å². The van der Waals surface area contributed by atoms with Gasteiger partial charge in [-0.1, -0.05) is 18.2 Å². The Labute approximate surface area is 125 Å². The van der Waals surface area contributed by atoms with E-state index in [1.807, 2.05) is 22.7 Å². The maximum atomic E-state index is 2.34. The highest BCUT2D eigenvalue weighted by atomic mass is 32.2. The van der Waals surface area contributed by atoms with Gasteiger partial charge in [-0.3, -0.25) is 0 Å². The molecule has 0 saturated heterocycles. The Balaban J connectivity index is 2.08. The number of hydrogen-bond acceptors (Lipinski definition) is 2. The predicted molar refractivity (Wildman–Crippen MR) is 88.6 cm³/mol. The molecule has 0 amide bonds. The van der Waals surface area contributed by atoms with E-state index >= 15 is 0 Å². The molecule has 0 unspecified atom stereocenters. The second-order valence-electron chi connectivity index (χ2n) is 5.09. The molecule has 0 saturated carbocycles. The van der Waals surface area contributed by atoms with Gasteiger partial charge in [0.05, 0.1) is 4.01 Å². The highest BCUT2D eigenvalue weighted by molar-refractivity contribution is 7.41. The maximum absolute atomic E-state index is 2.34. The van der Waals surface area contributed by atoms with Gasteiger partial charge in [0.1, 0.15) is 11.7 Å². The Kier molecular flexibility index (Phi) is 2.65. The molecule has 4 rings (SSSR count). The summed E-state index contributed by atoms with van der Waals surface area (Å²) >= 11 is 3.72. The van der Waals surface area contributed by atoms with Gasteiger partial charge in [-0.15, -0.1) is 22.7 Å². The van der Waals surface area contributed by atoms with Crippen LogP contribution in [0.1, 0.15) is 5.56 Å². The van der Waals surface area contributed by atoms with Crippen LogP contribution in [0.3, 0.4) is 0 Å². The normalized spacial score (nSPS) is 11.5. The summed E-state index contributed by atoms with van der Waals surface area (Å²) in [6.07, 6.45) is 2.26. The minimum absolute atomic E-state index is 1.28. The smallest absolute Gasteiger partial charge is 0.200 e. The lowest BCUT2D eigenvalue weighted by Crippen LogP contribution is -2.30. The molecule has 1 nitrogen and oxygen atoms in total. The molecule has 0 fully saturated rings. The molecule has 0 bridgehead atoms. The number of pyridine rings is 1. The number of fused-ring (bicyclic) bond motifs is 3. The van der Waals surface area contributed by atoms with E-state index in [0.29, 0.717) is 0 Å². The van der Waals surface area contributed by atoms with Gasteiger partial charge >= 0.3 is 0 Å². The van der Waals surface area contributed by atoms with E-state index in [4.69, 9.17) is 0 Å². The first kappa shape index (κ1) is 12.1. The van der Waals surface area contributed by atoms with Gasteiger partial charge in [0.25, 0.3) is 0 Å². The molecule has 0 spiro atoms. The molecular formula is C17H14NS2+. The lowest BCUT2D eigenvalue weighted by Gasteiger charge is -2.04. The fourth-order valence-corrected chi connectivity index (χ4v) is 4.96. The van der Waals surface area contributed by atoms with Crippen molar-refractivity contribution >= 4 is 42.2 Å². The van der Waals surface area contributed by atoms with Gasteiger partial charge in [-0.05, 0) is 30.0 Å². The zero-order valence-corrected chi connectivity index (χ0v) is 13.0. The third kappa shape index (κ3) is 1.70. The van der Waals surface area contributed by atoms with Crippen molar-refractivity contribution in [1.29, 1.82) is 0 Å². The summed E-state index contributed by atoms with van der Waals surface area (Å²) in [7, 11) is 2.13. The van der Waals surface area contributed by atoms with Gasteiger partial charge < -0.3 is 0 Å². The zero-order chi connectivity index (χ0) is 13.7. The van der Waals surface area contributed by atoms with Gasteiger partial charge in [0.15, 0.2) is 6.20 Å². The minimum atomic E-state index is 1.28. The molecule has 98 valence electrons. The van der Waals surface area contributed by atoms with Gasteiger partial charge in [0, 0.05) is 22.4 Å². The maximum Gasteiger partial charge on any atom is 0.213 e. The van der Waals surface area contributed by atoms with E-state index in [0.717, 1.165) is 0 Å². The average Bonchev–Trinajstić information content (AvgIpc) is 2.99. The van der Waals surface area contributed by atoms with E-state index in [1.54, 1.807) is 0 Å². The molecular weight excluding hydrogens is 282 g/mol. The van der Waals surface area contributed by atoms with E-state index < -0.39 is 0 Å². The molecule has 3 aromatic heterocycles. The van der Waals surface area contributed by atoms with Crippen LogP contribution in [0.25, 0.3) is 30.7 Å². The van der Waals surface area contributed by atoms with E-state index in [1.165, 1.54) is 36.3 Å². The zero-order valence-electron chi connectivity index (χ0n) is 11.4. The summed E-state index contributed by atoms with van der Waals surface area (Å²) in [6.45, 7) is 2.17. The number of aryl methyl sites for hydroxylation is 2. The van der Waals surface area contributed by atoms with E-state index in [2.05, 4.69) is 66.5 Å². The summed E-state index contributed by atoms with van der Waals surface area (Å²) < 4.78 is 5.03. The summed E-state index contributed by atoms with van der Waals surface area (Å²) in [5, 5.41) is 4.95. The fourth-order valence-electron chi connectivity index (χ4n) is 2.72. The van der Waals surface area contributed by atoms with Gasteiger partial charge in [0.2, 0.25) is 5.69 Å². The Morgan fingerprint density at radius 3 is 2.75 bits per heavy atom. The first-order chi connectivity index (χ1) is 9.74. The van der Waals surface area contributed by atoms with Crippen LogP contribution in [0, 0.1) is 6.92 Å². The van der Waals surface area contributed by atoms with Crippen molar-refractivity contribution in [2.75, 3.05) is 0 Å². The predicted octanol–water partition coefficient (Wildman–Crippen LogP) is 4.92. The van der Waals surface area contributed by atoms with Crippen molar-refractivity contribution < 1.29 is 4.57 Å². The van der Waals surface area contributed by atoms with Crippen LogP contribution in [-0.2, 0) is 7.05 Å². The Bertz CT molecular complexity index is 931. The van der Waals surface area contributed by atoms with Crippen molar-refractivity contribution in [1.82, 2.24) is 0 Å². The molecule has 20 heavy (non-hydrogen) atoms. The number of nitrogens with zero attached hydrogens (tertiary/aromatic N) is 1. The molecule has 1 aromatic carbocycles. The lowest BCUT2D eigenvalue weighted by atomic mass is 10.0.